The molecule has 8 bridgehead atoms. The molecule has 0 saturated carbocycles. The molecule has 2 aliphatic heterocycles. The van der Waals surface area contributed by atoms with Gasteiger partial charge in [0.1, 0.15) is 11.3 Å². The van der Waals surface area contributed by atoms with Crippen LogP contribution in [0.2, 0.25) is 0 Å². The van der Waals surface area contributed by atoms with Crippen LogP contribution in [0.3, 0.4) is 0 Å². The Morgan fingerprint density at radius 1 is 0.575 bits per heavy atom. The van der Waals surface area contributed by atoms with Crippen LogP contribution in [0.4, 0.5) is 0 Å². The Balaban J connectivity index is 0.00000130. The van der Waals surface area contributed by atoms with Gasteiger partial charge in [0.15, 0.2) is 23.3 Å². The molecule has 0 spiro atoms. The Hall–Kier alpha value is -4.50. The summed E-state index contributed by atoms with van der Waals surface area (Å²) in [4.78, 5) is 35.7. The number of hydrogen-bond acceptors (Lipinski definition) is 6. The molecular weight excluding hydrogens is 590 g/mol. The van der Waals surface area contributed by atoms with Crippen LogP contribution < -0.4 is 0 Å². The van der Waals surface area contributed by atoms with Crippen molar-refractivity contribution in [1.82, 2.24) is 39.9 Å². The van der Waals surface area contributed by atoms with Gasteiger partial charge in [-0.1, -0.05) is 78.4 Å². The van der Waals surface area contributed by atoms with Gasteiger partial charge in [0.2, 0.25) is 0 Å². The normalized spacial score (nSPS) is 11.4. The molecule has 40 heavy (non-hydrogen) atoms. The van der Waals surface area contributed by atoms with E-state index in [0.717, 1.165) is 33.0 Å². The molecule has 3 aromatic carbocycles. The molecule has 0 fully saturated rings. The average molecular weight is 606 g/mol. The zero-order chi connectivity index (χ0) is 27.2. The number of nitrogens with one attached hydrogen (secondary N) is 2. The molecule has 10 heteroatoms. The van der Waals surface area contributed by atoms with Crippen LogP contribution >= 0.6 is 0 Å². The van der Waals surface area contributed by atoms with Crippen LogP contribution in [0.1, 0.15) is 5.56 Å². The van der Waals surface area contributed by atoms with Gasteiger partial charge in [-0.05, 0) is 0 Å². The van der Waals surface area contributed by atoms with Crippen molar-refractivity contribution in [3.63, 3.8) is 0 Å². The van der Waals surface area contributed by atoms with Gasteiger partial charge in [0, 0.05) is 38.7 Å². The molecule has 8 nitrogen and oxygen atoms in total. The summed E-state index contributed by atoms with van der Waals surface area (Å²) < 4.78 is 0. The van der Waals surface area contributed by atoms with Crippen LogP contribution in [0, 0.1) is 12.6 Å². The average Bonchev–Trinajstić information content (AvgIpc) is 3.74. The van der Waals surface area contributed by atoms with Gasteiger partial charge in [0.25, 0.3) is 0 Å². The zero-order valence-corrected chi connectivity index (χ0v) is 22.4. The predicted octanol–water partition coefficient (Wildman–Crippen LogP) is 5.96. The monoisotopic (exact) mass is 605 g/mol. The maximum atomic E-state index is 5.93. The van der Waals surface area contributed by atoms with E-state index in [-0.39, 0.29) is 0 Å². The first-order valence-corrected chi connectivity index (χ1v) is 13.8. The minimum atomic E-state index is 0.478. The van der Waals surface area contributed by atoms with Crippen LogP contribution in [-0.4, -0.2) is 39.9 Å². The van der Waals surface area contributed by atoms with E-state index in [4.69, 9.17) is 36.5 Å². The Kier molecular flexibility index (Phi) is 6.08. The number of fused-ring (bicyclic) bond motifs is 17. The van der Waals surface area contributed by atoms with Gasteiger partial charge in [-0.15, -0.1) is 0 Å². The quantitative estimate of drug-likeness (QED) is 0.177. The van der Waals surface area contributed by atoms with E-state index in [1.165, 1.54) is 6.08 Å². The molecule has 2 aliphatic rings. The summed E-state index contributed by atoms with van der Waals surface area (Å²) in [5.74, 6) is 2.17. The molecule has 0 radical (unpaired) electrons. The Morgan fingerprint density at radius 3 is 1.50 bits per heavy atom. The second-order valence-corrected chi connectivity index (χ2v) is 8.95. The predicted molar refractivity (Wildman–Crippen MR) is 146 cm³/mol. The van der Waals surface area contributed by atoms with Gasteiger partial charge in [-0.3, -0.25) is 4.98 Å². The van der Waals surface area contributed by atoms with Crippen molar-refractivity contribution in [2.75, 3.05) is 0 Å². The second kappa shape index (κ2) is 9.91. The zero-order valence-electron chi connectivity index (χ0n) is 20.4. The van der Waals surface area contributed by atoms with Crippen molar-refractivity contribution < 1.29 is 26.7 Å². The molecule has 0 unspecified atom stereocenters. The number of benzene rings is 3. The summed E-state index contributed by atoms with van der Waals surface area (Å²) in [6.07, 6.45) is 1.45. The third kappa shape index (κ3) is 3.96. The van der Waals surface area contributed by atoms with Gasteiger partial charge in [-0.25, -0.2) is 31.0 Å². The van der Waals surface area contributed by atoms with Crippen molar-refractivity contribution in [3.8, 4) is 45.6 Å². The fraction of sp³-hybridized carbons (Fsp3) is 0. The number of nitrogens with zero attached hydrogens (tertiary/aromatic N) is 6. The summed E-state index contributed by atoms with van der Waals surface area (Å²) in [5, 5.41) is 1.85. The van der Waals surface area contributed by atoms with E-state index in [2.05, 4.69) is 42.8 Å². The summed E-state index contributed by atoms with van der Waals surface area (Å²) in [5.41, 5.74) is 6.41. The first kappa shape index (κ1) is 24.5. The Morgan fingerprint density at radius 2 is 1.00 bits per heavy atom. The van der Waals surface area contributed by atoms with Gasteiger partial charge >= 0.3 is 26.7 Å². The number of hydrogen-bond donors (Lipinski definition) is 2. The molecule has 0 saturated heterocycles. The fourth-order valence-corrected chi connectivity index (χ4v) is 4.93. The van der Waals surface area contributed by atoms with Crippen LogP contribution in [-0.2, 0) is 26.7 Å². The molecule has 2 N–H and O–H groups in total. The second-order valence-electron chi connectivity index (χ2n) is 8.95. The van der Waals surface area contributed by atoms with Crippen LogP contribution in [0.15, 0.2) is 72.8 Å². The van der Waals surface area contributed by atoms with Crippen molar-refractivity contribution in [1.29, 1.82) is 0 Å². The standard InChI is InChI=1S/C30H16N8.Co.Ni/c1-2-16-15-23-31-24(16)33-26-19-11-5-6-12-20(19)28(35-26)37-30-22-14-8-7-13-21(22)29(38-30)36-27-18-10-4-3-9-17(18)25(32-23)34-27;;/h1-14H,(H2,31,32,33,34,35,36,37,38);;/q-2;;. The van der Waals surface area contributed by atoms with Crippen molar-refractivity contribution in [2.24, 2.45) is 0 Å². The number of aromatic amines is 2. The Labute approximate surface area is 241 Å². The van der Waals surface area contributed by atoms with Crippen molar-refractivity contribution >= 4 is 39.4 Å². The molecule has 3 aromatic heterocycles. The summed E-state index contributed by atoms with van der Waals surface area (Å²) in [7, 11) is 0. The molecule has 8 rings (SSSR count). The summed E-state index contributed by atoms with van der Waals surface area (Å²) >= 11 is 6.75. The van der Waals surface area contributed by atoms with E-state index < -0.39 is 0 Å². The van der Waals surface area contributed by atoms with Gasteiger partial charge in [-0.2, -0.15) is 0 Å². The van der Waals surface area contributed by atoms with Crippen molar-refractivity contribution in [2.45, 2.75) is 0 Å². The first-order valence-electron chi connectivity index (χ1n) is 12.1. The Bertz CT molecular complexity index is 2150. The third-order valence-electron chi connectivity index (χ3n) is 6.70. The van der Waals surface area contributed by atoms with E-state index in [0.29, 0.717) is 51.4 Å². The molecule has 197 valence electrons. The number of H-pyrrole nitrogens is 2. The molecule has 0 amide bonds. The molecular formula is C30H16CoN8Ni-2. The van der Waals surface area contributed by atoms with E-state index in [1.54, 1.807) is 0 Å². The first-order chi connectivity index (χ1) is 19.7. The van der Waals surface area contributed by atoms with Crippen LogP contribution in [0.5, 0.6) is 0 Å². The molecule has 6 aromatic rings. The summed E-state index contributed by atoms with van der Waals surface area (Å²) in [6, 6.07) is 27.0. The summed E-state index contributed by atoms with van der Waals surface area (Å²) in [6.45, 7) is 5.93. The number of rotatable bonds is 1. The SMILES string of the molecule is [CH-]=Cc1[c-]c2nc3[nH]c(nc4nc(nc5nc(nc1[nH]2)-c1ccccc1-5)-c1ccccc1-4)c1ccccc31.[Co]=[Ni]. The van der Waals surface area contributed by atoms with Crippen LogP contribution in [0.25, 0.3) is 85.0 Å². The molecule has 0 aliphatic carbocycles. The molecule has 0 atom stereocenters. The van der Waals surface area contributed by atoms with Gasteiger partial charge < -0.3 is 28.2 Å². The number of aromatic nitrogens is 8. The van der Waals surface area contributed by atoms with E-state index >= 15 is 0 Å². The van der Waals surface area contributed by atoms with E-state index in [1.807, 2.05) is 72.8 Å². The molecule has 5 heterocycles. The van der Waals surface area contributed by atoms with E-state index in [9.17, 15) is 0 Å². The fourth-order valence-electron chi connectivity index (χ4n) is 4.93. The van der Waals surface area contributed by atoms with Gasteiger partial charge in [0.05, 0.1) is 0 Å². The maximum absolute atomic E-state index is 5.93. The van der Waals surface area contributed by atoms with Crippen molar-refractivity contribution in [3.05, 3.63) is 91.0 Å². The minimum absolute atomic E-state index is 0.478. The topological polar surface area (TPSA) is 109 Å². The third-order valence-corrected chi connectivity index (χ3v) is 6.70.